The highest BCUT2D eigenvalue weighted by Crippen LogP contribution is 2.23. The number of unbranched alkanes of at least 4 members (excludes halogenated alkanes) is 2. The Morgan fingerprint density at radius 1 is 1.53 bits per heavy atom. The van der Waals surface area contributed by atoms with Crippen molar-refractivity contribution in [1.29, 1.82) is 0 Å². The lowest BCUT2D eigenvalue weighted by Gasteiger charge is -2.01. The van der Waals surface area contributed by atoms with Gasteiger partial charge < -0.3 is 5.32 Å². The van der Waals surface area contributed by atoms with E-state index < -0.39 is 4.92 Å². The van der Waals surface area contributed by atoms with E-state index in [4.69, 9.17) is 6.42 Å². The van der Waals surface area contributed by atoms with E-state index in [1.807, 2.05) is 0 Å². The first-order valence-corrected chi connectivity index (χ1v) is 5.92. The van der Waals surface area contributed by atoms with Crippen LogP contribution in [0, 0.1) is 22.5 Å². The van der Waals surface area contributed by atoms with Crippen molar-refractivity contribution in [3.05, 3.63) is 27.1 Å². The normalized spacial score (nSPS) is 9.59. The quantitative estimate of drug-likeness (QED) is 0.365. The lowest BCUT2D eigenvalue weighted by atomic mass is 10.2. The number of carbonyl (C=O) groups excluding carboxylic acids is 1. The number of amides is 1. The Balaban J connectivity index is 2.37. The van der Waals surface area contributed by atoms with Gasteiger partial charge in [-0.2, -0.15) is 0 Å². The molecule has 5 nitrogen and oxygen atoms in total. The van der Waals surface area contributed by atoms with Gasteiger partial charge in [-0.1, -0.05) is 11.3 Å². The molecule has 1 aromatic rings. The van der Waals surface area contributed by atoms with E-state index in [9.17, 15) is 14.9 Å². The number of nitrogens with zero attached hydrogens (tertiary/aromatic N) is 1. The Labute approximate surface area is 103 Å². The molecule has 0 bridgehead atoms. The van der Waals surface area contributed by atoms with Crippen LogP contribution in [0.5, 0.6) is 0 Å². The molecule has 0 spiro atoms. The van der Waals surface area contributed by atoms with Crippen LogP contribution in [0.4, 0.5) is 5.00 Å². The van der Waals surface area contributed by atoms with Gasteiger partial charge in [-0.25, -0.2) is 0 Å². The van der Waals surface area contributed by atoms with Gasteiger partial charge in [0.25, 0.3) is 5.91 Å². The van der Waals surface area contributed by atoms with E-state index in [0.29, 0.717) is 17.8 Å². The average molecular weight is 252 g/mol. The zero-order valence-electron chi connectivity index (χ0n) is 9.14. The number of nitro groups is 1. The SMILES string of the molecule is C#CCCCCNC(=O)c1ccc([N+](=O)[O-])s1. The van der Waals surface area contributed by atoms with E-state index in [1.165, 1.54) is 12.1 Å². The van der Waals surface area contributed by atoms with Crippen molar-refractivity contribution in [2.45, 2.75) is 19.3 Å². The van der Waals surface area contributed by atoms with Crippen molar-refractivity contribution in [3.63, 3.8) is 0 Å². The third kappa shape index (κ3) is 4.25. The minimum absolute atomic E-state index is 0.0255. The molecule has 1 amide bonds. The summed E-state index contributed by atoms with van der Waals surface area (Å²) < 4.78 is 0. The van der Waals surface area contributed by atoms with Gasteiger partial charge in [-0.3, -0.25) is 14.9 Å². The molecule has 1 aromatic heterocycles. The molecular weight excluding hydrogens is 240 g/mol. The van der Waals surface area contributed by atoms with Crippen molar-refractivity contribution in [1.82, 2.24) is 5.32 Å². The van der Waals surface area contributed by atoms with Gasteiger partial charge in [0.1, 0.15) is 0 Å². The van der Waals surface area contributed by atoms with Crippen LogP contribution in [0.25, 0.3) is 0 Å². The van der Waals surface area contributed by atoms with Gasteiger partial charge >= 0.3 is 5.00 Å². The van der Waals surface area contributed by atoms with Gasteiger partial charge in [0, 0.05) is 19.0 Å². The number of thiophene rings is 1. The van der Waals surface area contributed by atoms with Crippen LogP contribution in [0.3, 0.4) is 0 Å². The monoisotopic (exact) mass is 252 g/mol. The molecule has 0 aliphatic heterocycles. The molecule has 1 heterocycles. The highest BCUT2D eigenvalue weighted by atomic mass is 32.1. The molecule has 0 aliphatic rings. The number of terminal acetylenes is 1. The van der Waals surface area contributed by atoms with E-state index in [2.05, 4.69) is 11.2 Å². The molecule has 0 saturated heterocycles. The van der Waals surface area contributed by atoms with E-state index in [0.717, 1.165) is 24.2 Å². The Morgan fingerprint density at radius 3 is 2.88 bits per heavy atom. The van der Waals surface area contributed by atoms with Crippen molar-refractivity contribution in [2.75, 3.05) is 6.54 Å². The van der Waals surface area contributed by atoms with Crippen molar-refractivity contribution < 1.29 is 9.72 Å². The lowest BCUT2D eigenvalue weighted by Crippen LogP contribution is -2.23. The fourth-order valence-electron chi connectivity index (χ4n) is 1.19. The summed E-state index contributed by atoms with van der Waals surface area (Å²) in [4.78, 5) is 21.8. The second-order valence-electron chi connectivity index (χ2n) is 3.31. The molecule has 1 N–H and O–H groups in total. The predicted molar refractivity (Wildman–Crippen MR) is 66.0 cm³/mol. The average Bonchev–Trinajstić information content (AvgIpc) is 2.78. The van der Waals surface area contributed by atoms with Gasteiger partial charge in [-0.05, 0) is 18.9 Å². The van der Waals surface area contributed by atoms with Crippen molar-refractivity contribution in [3.8, 4) is 12.3 Å². The summed E-state index contributed by atoms with van der Waals surface area (Å²) >= 11 is 0.874. The molecule has 0 aromatic carbocycles. The maximum absolute atomic E-state index is 11.5. The van der Waals surface area contributed by atoms with Gasteiger partial charge in [0.05, 0.1) is 9.80 Å². The highest BCUT2D eigenvalue weighted by Gasteiger charge is 2.14. The van der Waals surface area contributed by atoms with Crippen LogP contribution in [0.1, 0.15) is 28.9 Å². The van der Waals surface area contributed by atoms with Gasteiger partial charge in [0.15, 0.2) is 0 Å². The number of hydrogen-bond acceptors (Lipinski definition) is 4. The molecule has 90 valence electrons. The van der Waals surface area contributed by atoms with Crippen LogP contribution in [-0.4, -0.2) is 17.4 Å². The van der Waals surface area contributed by atoms with Crippen molar-refractivity contribution in [2.24, 2.45) is 0 Å². The minimum atomic E-state index is -0.506. The first-order valence-electron chi connectivity index (χ1n) is 5.11. The summed E-state index contributed by atoms with van der Waals surface area (Å²) in [6.45, 7) is 0.534. The molecule has 0 atom stereocenters. The summed E-state index contributed by atoms with van der Waals surface area (Å²) in [7, 11) is 0. The standard InChI is InChI=1S/C11H12N2O3S/c1-2-3-4-5-8-12-11(14)9-6-7-10(17-9)13(15)16/h1,6-7H,3-5,8H2,(H,12,14). The Kier molecular flexibility index (Phi) is 5.17. The van der Waals surface area contributed by atoms with E-state index in [1.54, 1.807) is 0 Å². The Hall–Kier alpha value is -1.87. The number of nitrogens with one attached hydrogen (secondary N) is 1. The predicted octanol–water partition coefficient (Wildman–Crippen LogP) is 2.19. The maximum atomic E-state index is 11.5. The van der Waals surface area contributed by atoms with Crippen LogP contribution < -0.4 is 5.32 Å². The highest BCUT2D eigenvalue weighted by molar-refractivity contribution is 7.17. The van der Waals surface area contributed by atoms with Crippen molar-refractivity contribution >= 4 is 22.2 Å². The minimum Gasteiger partial charge on any atom is -0.351 e. The first kappa shape index (κ1) is 13.2. The molecular formula is C11H12N2O3S. The Bertz CT molecular complexity index is 448. The second-order valence-corrected chi connectivity index (χ2v) is 4.37. The number of carbonyl (C=O) groups is 1. The van der Waals surface area contributed by atoms with Gasteiger partial charge in [0.2, 0.25) is 0 Å². The maximum Gasteiger partial charge on any atom is 0.324 e. The summed E-state index contributed by atoms with van der Waals surface area (Å²) in [6.07, 6.45) is 7.46. The van der Waals surface area contributed by atoms with E-state index in [-0.39, 0.29) is 10.9 Å². The summed E-state index contributed by atoms with van der Waals surface area (Å²) in [5.41, 5.74) is 0. The smallest absolute Gasteiger partial charge is 0.324 e. The Morgan fingerprint density at radius 2 is 2.29 bits per heavy atom. The third-order valence-corrected chi connectivity index (χ3v) is 3.06. The zero-order valence-corrected chi connectivity index (χ0v) is 9.96. The molecule has 17 heavy (non-hydrogen) atoms. The van der Waals surface area contributed by atoms with Crippen LogP contribution >= 0.6 is 11.3 Å². The summed E-state index contributed by atoms with van der Waals surface area (Å²) in [6, 6.07) is 2.79. The summed E-state index contributed by atoms with van der Waals surface area (Å²) in [5, 5.41) is 13.1. The van der Waals surface area contributed by atoms with Gasteiger partial charge in [-0.15, -0.1) is 12.3 Å². The molecule has 1 rings (SSSR count). The molecule has 0 aliphatic carbocycles. The lowest BCUT2D eigenvalue weighted by molar-refractivity contribution is -0.380. The largest absolute Gasteiger partial charge is 0.351 e. The fourth-order valence-corrected chi connectivity index (χ4v) is 1.93. The molecule has 6 heteroatoms. The summed E-state index contributed by atoms with van der Waals surface area (Å²) in [5.74, 6) is 2.24. The molecule has 0 unspecified atom stereocenters. The van der Waals surface area contributed by atoms with Crippen LogP contribution in [-0.2, 0) is 0 Å². The molecule has 0 radical (unpaired) electrons. The topological polar surface area (TPSA) is 72.2 Å². The van der Waals surface area contributed by atoms with E-state index >= 15 is 0 Å². The molecule has 0 fully saturated rings. The number of hydrogen-bond donors (Lipinski definition) is 1. The zero-order chi connectivity index (χ0) is 12.7. The number of rotatable bonds is 6. The van der Waals surface area contributed by atoms with Crippen LogP contribution in [0.2, 0.25) is 0 Å². The first-order chi connectivity index (χ1) is 8.15. The second kappa shape index (κ2) is 6.66. The fraction of sp³-hybridized carbons (Fsp3) is 0.364. The third-order valence-electron chi connectivity index (χ3n) is 2.03. The van der Waals surface area contributed by atoms with Crippen LogP contribution in [0.15, 0.2) is 12.1 Å². The molecule has 0 saturated carbocycles.